The quantitative estimate of drug-likeness (QED) is 0.850. The molecule has 0 saturated heterocycles. The highest BCUT2D eigenvalue weighted by Crippen LogP contribution is 2.21. The topological polar surface area (TPSA) is 25.8 Å². The molecule has 1 aliphatic rings. The van der Waals surface area contributed by atoms with Crippen LogP contribution >= 0.6 is 0 Å². The molecule has 1 fully saturated rings. The van der Waals surface area contributed by atoms with Crippen molar-refractivity contribution >= 4 is 0 Å². The third-order valence-corrected chi connectivity index (χ3v) is 4.08. The fraction of sp³-hybridized carbons (Fsp3) is 0.625. The van der Waals surface area contributed by atoms with E-state index in [2.05, 4.69) is 30.4 Å². The van der Waals surface area contributed by atoms with Gasteiger partial charge in [0.2, 0.25) is 0 Å². The van der Waals surface area contributed by atoms with E-state index in [9.17, 15) is 0 Å². The summed E-state index contributed by atoms with van der Waals surface area (Å²) in [5.41, 5.74) is 1.33. The summed E-state index contributed by atoms with van der Waals surface area (Å²) in [7, 11) is 1.76. The first kappa shape index (κ1) is 13.4. The lowest BCUT2D eigenvalue weighted by Crippen LogP contribution is -2.90. The Balaban J connectivity index is 1.77. The SMILES string of the molecule is COc1ccccc1CC[NH2+][C@@H]1CCC[C@@H](C)C1. The molecule has 0 radical (unpaired) electrons. The smallest absolute Gasteiger partial charge is 0.122 e. The van der Waals surface area contributed by atoms with Gasteiger partial charge < -0.3 is 10.1 Å². The minimum atomic E-state index is 0.850. The second kappa shape index (κ2) is 6.79. The average molecular weight is 248 g/mol. The number of ether oxygens (including phenoxy) is 1. The molecule has 2 atom stereocenters. The van der Waals surface area contributed by atoms with Crippen molar-refractivity contribution in [3.05, 3.63) is 29.8 Å². The Kier molecular flexibility index (Phi) is 5.06. The predicted octanol–water partition coefficient (Wildman–Crippen LogP) is 2.38. The van der Waals surface area contributed by atoms with Crippen LogP contribution in [0.4, 0.5) is 0 Å². The van der Waals surface area contributed by atoms with Crippen molar-refractivity contribution in [3.8, 4) is 5.75 Å². The summed E-state index contributed by atoms with van der Waals surface area (Å²) in [5.74, 6) is 1.95. The number of rotatable bonds is 5. The van der Waals surface area contributed by atoms with E-state index in [1.807, 2.05) is 6.07 Å². The second-order valence-electron chi connectivity index (χ2n) is 5.62. The van der Waals surface area contributed by atoms with Crippen LogP contribution in [-0.2, 0) is 6.42 Å². The van der Waals surface area contributed by atoms with Gasteiger partial charge in [-0.1, -0.05) is 31.5 Å². The van der Waals surface area contributed by atoms with E-state index in [0.717, 1.165) is 24.1 Å². The molecule has 18 heavy (non-hydrogen) atoms. The Hall–Kier alpha value is -1.02. The Morgan fingerprint density at radius 2 is 2.11 bits per heavy atom. The van der Waals surface area contributed by atoms with Gasteiger partial charge in [-0.15, -0.1) is 0 Å². The monoisotopic (exact) mass is 248 g/mol. The van der Waals surface area contributed by atoms with Crippen molar-refractivity contribution in [1.29, 1.82) is 0 Å². The Morgan fingerprint density at radius 1 is 1.28 bits per heavy atom. The van der Waals surface area contributed by atoms with Crippen LogP contribution < -0.4 is 10.1 Å². The van der Waals surface area contributed by atoms with Crippen molar-refractivity contribution in [2.24, 2.45) is 5.92 Å². The number of hydrogen-bond donors (Lipinski definition) is 1. The third-order valence-electron chi connectivity index (χ3n) is 4.08. The maximum absolute atomic E-state index is 5.39. The van der Waals surface area contributed by atoms with Crippen molar-refractivity contribution in [1.82, 2.24) is 0 Å². The summed E-state index contributed by atoms with van der Waals surface area (Å²) >= 11 is 0. The molecular formula is C16H26NO+. The standard InChI is InChI=1S/C16H25NO/c1-13-6-5-8-15(12-13)17-11-10-14-7-3-4-9-16(14)18-2/h3-4,7,9,13,15,17H,5-6,8,10-12H2,1-2H3/p+1/t13-,15-/m1/s1. The van der Waals surface area contributed by atoms with Gasteiger partial charge >= 0.3 is 0 Å². The van der Waals surface area contributed by atoms with E-state index in [0.29, 0.717) is 0 Å². The van der Waals surface area contributed by atoms with Gasteiger partial charge in [0.15, 0.2) is 0 Å². The first-order valence-corrected chi connectivity index (χ1v) is 7.25. The van der Waals surface area contributed by atoms with Crippen molar-refractivity contribution in [3.63, 3.8) is 0 Å². The molecule has 1 aromatic carbocycles. The number of para-hydroxylation sites is 1. The normalized spacial score (nSPS) is 23.9. The highest BCUT2D eigenvalue weighted by Gasteiger charge is 2.20. The van der Waals surface area contributed by atoms with Crippen LogP contribution in [0.15, 0.2) is 24.3 Å². The molecule has 2 N–H and O–H groups in total. The van der Waals surface area contributed by atoms with E-state index < -0.39 is 0 Å². The molecule has 0 heterocycles. The summed E-state index contributed by atoms with van der Waals surface area (Å²) in [4.78, 5) is 0. The molecule has 100 valence electrons. The highest BCUT2D eigenvalue weighted by molar-refractivity contribution is 5.33. The summed E-state index contributed by atoms with van der Waals surface area (Å²) < 4.78 is 5.39. The Labute approximate surface area is 111 Å². The lowest BCUT2D eigenvalue weighted by molar-refractivity contribution is -0.692. The fourth-order valence-electron chi connectivity index (χ4n) is 3.08. The van der Waals surface area contributed by atoms with Crippen LogP contribution in [0.25, 0.3) is 0 Å². The van der Waals surface area contributed by atoms with Crippen LogP contribution in [-0.4, -0.2) is 19.7 Å². The molecule has 0 amide bonds. The van der Waals surface area contributed by atoms with E-state index >= 15 is 0 Å². The Bertz CT molecular complexity index is 364. The van der Waals surface area contributed by atoms with Gasteiger partial charge in [-0.2, -0.15) is 0 Å². The predicted molar refractivity (Wildman–Crippen MR) is 74.9 cm³/mol. The zero-order valence-electron chi connectivity index (χ0n) is 11.7. The van der Waals surface area contributed by atoms with Crippen molar-refractivity contribution < 1.29 is 10.1 Å². The number of hydrogen-bond acceptors (Lipinski definition) is 1. The molecule has 1 aromatic rings. The van der Waals surface area contributed by atoms with Gasteiger partial charge in [-0.3, -0.25) is 0 Å². The minimum absolute atomic E-state index is 0.850. The number of benzene rings is 1. The molecule has 2 nitrogen and oxygen atoms in total. The first-order valence-electron chi connectivity index (χ1n) is 7.25. The Morgan fingerprint density at radius 3 is 2.89 bits per heavy atom. The number of quaternary nitrogens is 1. The van der Waals surface area contributed by atoms with E-state index in [-0.39, 0.29) is 0 Å². The van der Waals surface area contributed by atoms with Crippen LogP contribution in [0.3, 0.4) is 0 Å². The van der Waals surface area contributed by atoms with E-state index in [1.165, 1.54) is 37.8 Å². The zero-order valence-corrected chi connectivity index (χ0v) is 11.7. The lowest BCUT2D eigenvalue weighted by Gasteiger charge is -2.25. The molecule has 2 heteroatoms. The fourth-order valence-corrected chi connectivity index (χ4v) is 3.08. The molecule has 0 bridgehead atoms. The number of nitrogens with two attached hydrogens (primary N) is 1. The third kappa shape index (κ3) is 3.74. The average Bonchev–Trinajstić information content (AvgIpc) is 2.39. The van der Waals surface area contributed by atoms with Crippen LogP contribution in [0.5, 0.6) is 5.75 Å². The van der Waals surface area contributed by atoms with E-state index in [1.54, 1.807) is 7.11 Å². The van der Waals surface area contributed by atoms with Crippen molar-refractivity contribution in [2.45, 2.75) is 45.1 Å². The molecule has 0 aromatic heterocycles. The van der Waals surface area contributed by atoms with Gasteiger partial charge in [0.25, 0.3) is 0 Å². The van der Waals surface area contributed by atoms with Gasteiger partial charge in [-0.25, -0.2) is 0 Å². The zero-order chi connectivity index (χ0) is 12.8. The van der Waals surface area contributed by atoms with Crippen LogP contribution in [0.1, 0.15) is 38.2 Å². The van der Waals surface area contributed by atoms with Gasteiger partial charge in [0.05, 0.1) is 19.7 Å². The maximum atomic E-state index is 5.39. The summed E-state index contributed by atoms with van der Waals surface area (Å²) in [6.07, 6.45) is 6.74. The molecule has 0 unspecified atom stereocenters. The lowest BCUT2D eigenvalue weighted by atomic mass is 9.87. The van der Waals surface area contributed by atoms with Crippen LogP contribution in [0.2, 0.25) is 0 Å². The largest absolute Gasteiger partial charge is 0.496 e. The van der Waals surface area contributed by atoms with Crippen LogP contribution in [0, 0.1) is 5.92 Å². The summed E-state index contributed by atoms with van der Waals surface area (Å²) in [6.45, 7) is 3.57. The van der Waals surface area contributed by atoms with Gasteiger partial charge in [0, 0.05) is 12.8 Å². The first-order chi connectivity index (χ1) is 8.79. The second-order valence-corrected chi connectivity index (χ2v) is 5.62. The summed E-state index contributed by atoms with van der Waals surface area (Å²) in [6, 6.07) is 9.22. The molecule has 0 spiro atoms. The van der Waals surface area contributed by atoms with Gasteiger partial charge in [0.1, 0.15) is 5.75 Å². The molecule has 1 aliphatic carbocycles. The summed E-state index contributed by atoms with van der Waals surface area (Å²) in [5, 5.41) is 2.54. The molecular weight excluding hydrogens is 222 g/mol. The number of methoxy groups -OCH3 is 1. The maximum Gasteiger partial charge on any atom is 0.122 e. The molecule has 2 rings (SSSR count). The van der Waals surface area contributed by atoms with E-state index in [4.69, 9.17) is 4.74 Å². The highest BCUT2D eigenvalue weighted by atomic mass is 16.5. The molecule has 1 saturated carbocycles. The minimum Gasteiger partial charge on any atom is -0.496 e. The molecule has 0 aliphatic heterocycles. The van der Waals surface area contributed by atoms with Gasteiger partial charge in [-0.05, 0) is 30.4 Å². The van der Waals surface area contributed by atoms with Crippen molar-refractivity contribution in [2.75, 3.05) is 13.7 Å².